The summed E-state index contributed by atoms with van der Waals surface area (Å²) in [4.78, 5) is 10.4. The minimum Gasteiger partial charge on any atom is -0.547 e. The second-order valence-electron chi connectivity index (χ2n) is 3.79. The minimum absolute atomic E-state index is 0. The molecule has 1 rings (SSSR count). The second kappa shape index (κ2) is 8.22. The van der Waals surface area contributed by atoms with Crippen LogP contribution in [-0.4, -0.2) is 69.8 Å². The summed E-state index contributed by atoms with van der Waals surface area (Å²) in [6.45, 7) is 0.557. The van der Waals surface area contributed by atoms with Gasteiger partial charge in [0.05, 0.1) is 18.7 Å². The molecule has 1 saturated heterocycles. The van der Waals surface area contributed by atoms with E-state index < -0.39 is 49.4 Å². The van der Waals surface area contributed by atoms with E-state index >= 15 is 0 Å². The molecule has 0 aromatic heterocycles. The number of carbonyl (C=O) groups excluding carboxylic acids is 1. The van der Waals surface area contributed by atoms with Crippen LogP contribution in [0.1, 0.15) is 6.92 Å². The monoisotopic (exact) mass is 290 g/mol. The van der Waals surface area contributed by atoms with Gasteiger partial charge >= 0.3 is 51.4 Å². The van der Waals surface area contributed by atoms with E-state index in [0.717, 1.165) is 6.92 Å². The zero-order valence-electron chi connectivity index (χ0n) is 10.1. The summed E-state index contributed by atoms with van der Waals surface area (Å²) in [5, 5.41) is 47.6. The molecule has 0 aromatic rings. The quantitative estimate of drug-likeness (QED) is 0.374. The normalized spacial score (nSPS) is 37.7. The predicted molar refractivity (Wildman–Crippen MR) is 49.3 cm³/mol. The van der Waals surface area contributed by atoms with Crippen molar-refractivity contribution in [3.05, 3.63) is 0 Å². The molecule has 0 aliphatic carbocycles. The summed E-state index contributed by atoms with van der Waals surface area (Å²) in [5.41, 5.74) is 0. The number of carboxylic acid groups (broad SMARTS) is 1. The number of carboxylic acids is 1. The van der Waals surface area contributed by atoms with Gasteiger partial charge in [-0.3, -0.25) is 0 Å². The number of aliphatic carboxylic acids is 1. The molecular formula is C9H15KO8. The van der Waals surface area contributed by atoms with Gasteiger partial charge in [-0.2, -0.15) is 0 Å². The summed E-state index contributed by atoms with van der Waals surface area (Å²) in [5.74, 6) is -1.51. The summed E-state index contributed by atoms with van der Waals surface area (Å²) in [7, 11) is 0. The Balaban J connectivity index is 0.00000289. The zero-order chi connectivity index (χ0) is 13.2. The van der Waals surface area contributed by atoms with Gasteiger partial charge < -0.3 is 39.8 Å². The Labute approximate surface area is 146 Å². The molecular weight excluding hydrogens is 275 g/mol. The molecule has 0 bridgehead atoms. The largest absolute Gasteiger partial charge is 1.00 e. The molecule has 0 amide bonds. The summed E-state index contributed by atoms with van der Waals surface area (Å²) >= 11 is 0. The fraction of sp³-hybridized carbons (Fsp3) is 0.889. The van der Waals surface area contributed by atoms with E-state index in [9.17, 15) is 25.2 Å². The van der Waals surface area contributed by atoms with E-state index in [1.165, 1.54) is 0 Å². The van der Waals surface area contributed by atoms with Gasteiger partial charge in [0.15, 0.2) is 6.29 Å². The number of carbonyl (C=O) groups is 1. The summed E-state index contributed by atoms with van der Waals surface area (Å²) < 4.78 is 9.73. The van der Waals surface area contributed by atoms with Gasteiger partial charge in [-0.05, 0) is 6.92 Å². The first-order valence-corrected chi connectivity index (χ1v) is 5.05. The van der Waals surface area contributed by atoms with Gasteiger partial charge in [-0.25, -0.2) is 0 Å². The maximum absolute atomic E-state index is 10.4. The topological polar surface area (TPSA) is 140 Å². The van der Waals surface area contributed by atoms with Crippen LogP contribution in [0.25, 0.3) is 0 Å². The first-order valence-electron chi connectivity index (χ1n) is 5.05. The Morgan fingerprint density at radius 1 is 1.33 bits per heavy atom. The van der Waals surface area contributed by atoms with Crippen LogP contribution in [0.2, 0.25) is 0 Å². The zero-order valence-corrected chi connectivity index (χ0v) is 13.2. The summed E-state index contributed by atoms with van der Waals surface area (Å²) in [6, 6.07) is 0. The standard InChI is InChI=1S/C9H16O8.K/c1-3(8(14)15)16-9-7(13)6(12)5(11)4(2-10)17-9;/h3-7,9-13H,2H2,1H3,(H,14,15);/q;+1/p-1/t3-,4?,5-,6-,7?,9?;/m0./s1. The van der Waals surface area contributed by atoms with E-state index in [-0.39, 0.29) is 51.4 Å². The summed E-state index contributed by atoms with van der Waals surface area (Å²) in [6.07, 6.45) is -8.68. The molecule has 0 spiro atoms. The van der Waals surface area contributed by atoms with Crippen molar-refractivity contribution in [1.29, 1.82) is 0 Å². The van der Waals surface area contributed by atoms with Gasteiger partial charge in [-0.1, -0.05) is 0 Å². The molecule has 0 radical (unpaired) electrons. The predicted octanol–water partition coefficient (Wildman–Crippen LogP) is -7.05. The van der Waals surface area contributed by atoms with E-state index in [4.69, 9.17) is 14.6 Å². The number of aliphatic hydroxyl groups is 4. The molecule has 100 valence electrons. The average Bonchev–Trinajstić information content (AvgIpc) is 2.29. The molecule has 4 N–H and O–H groups in total. The van der Waals surface area contributed by atoms with Gasteiger partial charge in [0, 0.05) is 0 Å². The number of rotatable bonds is 4. The number of hydrogen-bond acceptors (Lipinski definition) is 8. The molecule has 18 heavy (non-hydrogen) atoms. The van der Waals surface area contributed by atoms with Crippen molar-refractivity contribution >= 4 is 5.97 Å². The first kappa shape index (κ1) is 18.9. The molecule has 6 atom stereocenters. The molecule has 1 aliphatic heterocycles. The third-order valence-corrected chi connectivity index (χ3v) is 2.52. The van der Waals surface area contributed by atoms with Gasteiger partial charge in [0.25, 0.3) is 0 Å². The molecule has 1 aliphatic rings. The van der Waals surface area contributed by atoms with Crippen LogP contribution in [-0.2, 0) is 14.3 Å². The third-order valence-electron chi connectivity index (χ3n) is 2.52. The van der Waals surface area contributed by atoms with Gasteiger partial charge in [-0.15, -0.1) is 0 Å². The Morgan fingerprint density at radius 2 is 1.89 bits per heavy atom. The molecule has 1 heterocycles. The fourth-order valence-electron chi connectivity index (χ4n) is 1.44. The van der Waals surface area contributed by atoms with Crippen LogP contribution < -0.4 is 56.5 Å². The van der Waals surface area contributed by atoms with Crippen molar-refractivity contribution in [2.45, 2.75) is 43.7 Å². The Kier molecular flexibility index (Phi) is 8.62. The maximum atomic E-state index is 10.4. The van der Waals surface area contributed by atoms with Crippen molar-refractivity contribution in [2.24, 2.45) is 0 Å². The molecule has 1 fully saturated rings. The SMILES string of the molecule is C[C@H](OC1OC(CO)[C@H](O)[C@H](O)C1O)C(=O)[O-].[K+]. The van der Waals surface area contributed by atoms with Crippen molar-refractivity contribution in [1.82, 2.24) is 0 Å². The third kappa shape index (κ3) is 4.46. The second-order valence-corrected chi connectivity index (χ2v) is 3.79. The average molecular weight is 290 g/mol. The molecule has 8 nitrogen and oxygen atoms in total. The Bertz CT molecular complexity index is 273. The first-order chi connectivity index (χ1) is 7.88. The van der Waals surface area contributed by atoms with Crippen molar-refractivity contribution in [3.63, 3.8) is 0 Å². The van der Waals surface area contributed by atoms with Crippen molar-refractivity contribution in [3.8, 4) is 0 Å². The fourth-order valence-corrected chi connectivity index (χ4v) is 1.44. The van der Waals surface area contributed by atoms with Gasteiger partial charge in [0.1, 0.15) is 24.4 Å². The molecule has 9 heteroatoms. The maximum Gasteiger partial charge on any atom is 1.00 e. The van der Waals surface area contributed by atoms with Crippen LogP contribution in [0.15, 0.2) is 0 Å². The molecule has 3 unspecified atom stereocenters. The van der Waals surface area contributed by atoms with E-state index in [0.29, 0.717) is 0 Å². The van der Waals surface area contributed by atoms with E-state index in [2.05, 4.69) is 0 Å². The Morgan fingerprint density at radius 3 is 2.33 bits per heavy atom. The van der Waals surface area contributed by atoms with Crippen LogP contribution in [0.4, 0.5) is 0 Å². The minimum atomic E-state index is -1.62. The van der Waals surface area contributed by atoms with E-state index in [1.807, 2.05) is 0 Å². The number of ether oxygens (including phenoxy) is 2. The van der Waals surface area contributed by atoms with Crippen LogP contribution in [0, 0.1) is 0 Å². The number of hydrogen-bond donors (Lipinski definition) is 4. The smallest absolute Gasteiger partial charge is 0.547 e. The van der Waals surface area contributed by atoms with Crippen LogP contribution in [0.3, 0.4) is 0 Å². The van der Waals surface area contributed by atoms with Gasteiger partial charge in [0.2, 0.25) is 0 Å². The molecule has 0 saturated carbocycles. The molecule has 0 aromatic carbocycles. The van der Waals surface area contributed by atoms with Crippen molar-refractivity contribution in [2.75, 3.05) is 6.61 Å². The van der Waals surface area contributed by atoms with Crippen LogP contribution in [0.5, 0.6) is 0 Å². The Hall–Kier alpha value is 0.866. The van der Waals surface area contributed by atoms with Crippen LogP contribution >= 0.6 is 0 Å². The van der Waals surface area contributed by atoms with E-state index in [1.54, 1.807) is 0 Å². The van der Waals surface area contributed by atoms with Crippen molar-refractivity contribution < 1.29 is 91.2 Å². The number of aliphatic hydroxyl groups excluding tert-OH is 4.